The van der Waals surface area contributed by atoms with E-state index in [0.717, 1.165) is 32.6 Å². The van der Waals surface area contributed by atoms with Gasteiger partial charge in [0.1, 0.15) is 11.5 Å². The van der Waals surface area contributed by atoms with Gasteiger partial charge in [-0.15, -0.1) is 0 Å². The lowest BCUT2D eigenvalue weighted by atomic mass is 10.3. The SMILES string of the molecule is CN1CCCN(C(=O)c2cc(N)n[nH]2)CC1. The number of nitrogens with zero attached hydrogens (tertiary/aromatic N) is 3. The second-order valence-corrected chi connectivity index (χ2v) is 4.16. The second-order valence-electron chi connectivity index (χ2n) is 4.16. The van der Waals surface area contributed by atoms with Crippen LogP contribution in [0.1, 0.15) is 16.9 Å². The Hall–Kier alpha value is -1.56. The Labute approximate surface area is 94.4 Å². The van der Waals surface area contributed by atoms with E-state index in [9.17, 15) is 4.79 Å². The molecular weight excluding hydrogens is 206 g/mol. The van der Waals surface area contributed by atoms with Gasteiger partial charge in [0.25, 0.3) is 5.91 Å². The monoisotopic (exact) mass is 223 g/mol. The average Bonchev–Trinajstić information content (AvgIpc) is 2.57. The molecule has 0 radical (unpaired) electrons. The molecule has 0 unspecified atom stereocenters. The van der Waals surface area contributed by atoms with E-state index in [4.69, 9.17) is 5.73 Å². The lowest BCUT2D eigenvalue weighted by Gasteiger charge is -2.19. The summed E-state index contributed by atoms with van der Waals surface area (Å²) in [5.74, 6) is 0.342. The molecule has 1 aromatic heterocycles. The summed E-state index contributed by atoms with van der Waals surface area (Å²) in [6.45, 7) is 3.50. The molecule has 16 heavy (non-hydrogen) atoms. The first-order valence-electron chi connectivity index (χ1n) is 5.45. The maximum absolute atomic E-state index is 12.1. The number of nitrogen functional groups attached to an aromatic ring is 1. The summed E-state index contributed by atoms with van der Waals surface area (Å²) in [4.78, 5) is 16.1. The van der Waals surface area contributed by atoms with Crippen LogP contribution in [-0.2, 0) is 0 Å². The summed E-state index contributed by atoms with van der Waals surface area (Å²) in [5.41, 5.74) is 5.95. The van der Waals surface area contributed by atoms with Crippen molar-refractivity contribution in [1.82, 2.24) is 20.0 Å². The topological polar surface area (TPSA) is 78.2 Å². The third-order valence-corrected chi connectivity index (χ3v) is 2.83. The number of likely N-dealkylation sites (N-methyl/N-ethyl adjacent to an activating group) is 1. The van der Waals surface area contributed by atoms with Gasteiger partial charge in [0, 0.05) is 25.7 Å². The highest BCUT2D eigenvalue weighted by Gasteiger charge is 2.20. The number of rotatable bonds is 1. The van der Waals surface area contributed by atoms with Gasteiger partial charge >= 0.3 is 0 Å². The molecule has 1 aliphatic heterocycles. The largest absolute Gasteiger partial charge is 0.382 e. The van der Waals surface area contributed by atoms with Gasteiger partial charge in [0.2, 0.25) is 0 Å². The normalized spacial score (nSPS) is 18.4. The first-order valence-corrected chi connectivity index (χ1v) is 5.45. The Morgan fingerprint density at radius 2 is 2.25 bits per heavy atom. The zero-order valence-electron chi connectivity index (χ0n) is 9.44. The molecule has 0 bridgehead atoms. The van der Waals surface area contributed by atoms with Gasteiger partial charge < -0.3 is 15.5 Å². The number of nitrogens with two attached hydrogens (primary N) is 1. The third kappa shape index (κ3) is 2.33. The number of amides is 1. The molecule has 2 heterocycles. The summed E-state index contributed by atoms with van der Waals surface area (Å²) in [6.07, 6.45) is 1.01. The van der Waals surface area contributed by atoms with Crippen LogP contribution in [0.3, 0.4) is 0 Å². The van der Waals surface area contributed by atoms with Gasteiger partial charge in [-0.2, -0.15) is 5.10 Å². The van der Waals surface area contributed by atoms with Crippen molar-refractivity contribution >= 4 is 11.7 Å². The summed E-state index contributed by atoms with van der Waals surface area (Å²) in [6, 6.07) is 1.58. The Bertz CT molecular complexity index is 375. The van der Waals surface area contributed by atoms with Crippen molar-refractivity contribution in [3.8, 4) is 0 Å². The highest BCUT2D eigenvalue weighted by atomic mass is 16.2. The number of aromatic amines is 1. The van der Waals surface area contributed by atoms with Crippen LogP contribution in [0, 0.1) is 0 Å². The molecule has 3 N–H and O–H groups in total. The molecule has 0 aromatic carbocycles. The van der Waals surface area contributed by atoms with Crippen molar-refractivity contribution in [2.45, 2.75) is 6.42 Å². The predicted octanol–water partition coefficient (Wildman–Crippen LogP) is -0.230. The molecule has 1 amide bonds. The number of aromatic nitrogens is 2. The van der Waals surface area contributed by atoms with Crippen LogP contribution in [0.25, 0.3) is 0 Å². The number of anilines is 1. The van der Waals surface area contributed by atoms with Crippen LogP contribution in [0.5, 0.6) is 0 Å². The number of hydrogen-bond donors (Lipinski definition) is 2. The predicted molar refractivity (Wildman–Crippen MR) is 61.0 cm³/mol. The van der Waals surface area contributed by atoms with Crippen molar-refractivity contribution in [1.29, 1.82) is 0 Å². The Balaban J connectivity index is 2.04. The van der Waals surface area contributed by atoms with Crippen molar-refractivity contribution in [3.05, 3.63) is 11.8 Å². The standard InChI is InChI=1S/C10H17N5O/c1-14-3-2-4-15(6-5-14)10(16)8-7-9(11)13-12-8/h7H,2-6H2,1H3,(H3,11,12,13). The Morgan fingerprint density at radius 3 is 2.94 bits per heavy atom. The van der Waals surface area contributed by atoms with E-state index < -0.39 is 0 Å². The van der Waals surface area contributed by atoms with Gasteiger partial charge in [-0.25, -0.2) is 0 Å². The average molecular weight is 223 g/mol. The van der Waals surface area contributed by atoms with Crippen molar-refractivity contribution in [3.63, 3.8) is 0 Å². The van der Waals surface area contributed by atoms with Crippen LogP contribution >= 0.6 is 0 Å². The number of hydrogen-bond acceptors (Lipinski definition) is 4. The van der Waals surface area contributed by atoms with Gasteiger partial charge in [0.15, 0.2) is 0 Å². The molecule has 6 heteroatoms. The van der Waals surface area contributed by atoms with Crippen LogP contribution in [-0.4, -0.2) is 59.1 Å². The van der Waals surface area contributed by atoms with E-state index in [-0.39, 0.29) is 5.91 Å². The third-order valence-electron chi connectivity index (χ3n) is 2.83. The number of carbonyl (C=O) groups is 1. The molecule has 0 saturated carbocycles. The lowest BCUT2D eigenvalue weighted by Crippen LogP contribution is -2.34. The van der Waals surface area contributed by atoms with Crippen molar-refractivity contribution in [2.24, 2.45) is 0 Å². The van der Waals surface area contributed by atoms with Gasteiger partial charge in [-0.05, 0) is 20.0 Å². The smallest absolute Gasteiger partial charge is 0.271 e. The first-order chi connectivity index (χ1) is 7.66. The van der Waals surface area contributed by atoms with Crippen LogP contribution in [0.4, 0.5) is 5.82 Å². The van der Waals surface area contributed by atoms with Crippen LogP contribution in [0.15, 0.2) is 6.07 Å². The van der Waals surface area contributed by atoms with E-state index in [1.807, 2.05) is 4.90 Å². The molecule has 1 fully saturated rings. The minimum Gasteiger partial charge on any atom is -0.382 e. The Kier molecular flexibility index (Phi) is 3.09. The van der Waals surface area contributed by atoms with Crippen LogP contribution in [0.2, 0.25) is 0 Å². The fourth-order valence-corrected chi connectivity index (χ4v) is 1.87. The molecular formula is C10H17N5O. The minimum atomic E-state index is -0.0144. The number of carbonyl (C=O) groups excluding carboxylic acids is 1. The summed E-state index contributed by atoms with van der Waals surface area (Å²) < 4.78 is 0. The minimum absolute atomic E-state index is 0.0144. The summed E-state index contributed by atoms with van der Waals surface area (Å²) in [5, 5.41) is 6.42. The van der Waals surface area contributed by atoms with E-state index in [1.165, 1.54) is 0 Å². The van der Waals surface area contributed by atoms with Crippen molar-refractivity contribution in [2.75, 3.05) is 39.0 Å². The quantitative estimate of drug-likeness (QED) is 0.689. The molecule has 88 valence electrons. The van der Waals surface area contributed by atoms with Crippen LogP contribution < -0.4 is 5.73 Å². The molecule has 6 nitrogen and oxygen atoms in total. The molecule has 0 spiro atoms. The molecule has 1 aliphatic rings. The fourth-order valence-electron chi connectivity index (χ4n) is 1.87. The molecule has 0 atom stereocenters. The van der Waals surface area contributed by atoms with E-state index in [0.29, 0.717) is 11.5 Å². The molecule has 2 rings (SSSR count). The van der Waals surface area contributed by atoms with E-state index in [2.05, 4.69) is 22.1 Å². The zero-order chi connectivity index (χ0) is 11.5. The van der Waals surface area contributed by atoms with E-state index >= 15 is 0 Å². The van der Waals surface area contributed by atoms with Gasteiger partial charge in [-0.1, -0.05) is 0 Å². The summed E-state index contributed by atoms with van der Waals surface area (Å²) >= 11 is 0. The maximum atomic E-state index is 12.1. The highest BCUT2D eigenvalue weighted by molar-refractivity contribution is 5.93. The van der Waals surface area contributed by atoms with E-state index in [1.54, 1.807) is 6.07 Å². The molecule has 1 aromatic rings. The number of H-pyrrole nitrogens is 1. The molecule has 1 saturated heterocycles. The van der Waals surface area contributed by atoms with Gasteiger partial charge in [0.05, 0.1) is 0 Å². The second kappa shape index (κ2) is 4.52. The lowest BCUT2D eigenvalue weighted by molar-refractivity contribution is 0.0757. The Morgan fingerprint density at radius 1 is 1.44 bits per heavy atom. The molecule has 0 aliphatic carbocycles. The maximum Gasteiger partial charge on any atom is 0.271 e. The first kappa shape index (κ1) is 10.9. The summed E-state index contributed by atoms with van der Waals surface area (Å²) in [7, 11) is 2.07. The van der Waals surface area contributed by atoms with Crippen molar-refractivity contribution < 1.29 is 4.79 Å². The zero-order valence-corrected chi connectivity index (χ0v) is 9.44. The fraction of sp³-hybridized carbons (Fsp3) is 0.600. The highest BCUT2D eigenvalue weighted by Crippen LogP contribution is 2.08. The number of nitrogens with one attached hydrogen (secondary N) is 1. The van der Waals surface area contributed by atoms with Gasteiger partial charge in [-0.3, -0.25) is 9.89 Å².